The lowest BCUT2D eigenvalue weighted by Gasteiger charge is -1.97. The third kappa shape index (κ3) is 7.09. The van der Waals surface area contributed by atoms with Gasteiger partial charge in [0, 0.05) is 6.92 Å². The van der Waals surface area contributed by atoms with E-state index in [1.807, 2.05) is 0 Å². The molecule has 78 valence electrons. The number of hydrogen-bond donors (Lipinski definition) is 0. The third-order valence-electron chi connectivity index (χ3n) is 1.28. The number of allylic oxidation sites excluding steroid dienone is 3. The fourth-order valence-corrected chi connectivity index (χ4v) is 0.712. The van der Waals surface area contributed by atoms with Gasteiger partial charge in [-0.15, -0.1) is 0 Å². The number of methoxy groups -OCH3 is 1. The van der Waals surface area contributed by atoms with Crippen LogP contribution < -0.4 is 0 Å². The van der Waals surface area contributed by atoms with Gasteiger partial charge in [-0.25, -0.2) is 0 Å². The van der Waals surface area contributed by atoms with Crippen LogP contribution in [0.15, 0.2) is 24.0 Å². The molecule has 0 aliphatic heterocycles. The van der Waals surface area contributed by atoms with E-state index in [4.69, 9.17) is 4.74 Å². The molecule has 0 bridgehead atoms. The lowest BCUT2D eigenvalue weighted by atomic mass is 10.3. The zero-order valence-electron chi connectivity index (χ0n) is 8.57. The van der Waals surface area contributed by atoms with Gasteiger partial charge in [0.05, 0.1) is 13.5 Å². The Hall–Kier alpha value is -1.58. The van der Waals surface area contributed by atoms with E-state index in [1.54, 1.807) is 25.2 Å². The van der Waals surface area contributed by atoms with E-state index in [2.05, 4.69) is 4.74 Å². The number of ether oxygens (including phenoxy) is 2. The number of rotatable bonds is 4. The highest BCUT2D eigenvalue weighted by Gasteiger charge is 1.94. The van der Waals surface area contributed by atoms with Crippen LogP contribution >= 0.6 is 0 Å². The lowest BCUT2D eigenvalue weighted by molar-refractivity contribution is -0.139. The fraction of sp³-hybridized carbons (Fsp3) is 0.400. The van der Waals surface area contributed by atoms with Crippen molar-refractivity contribution in [2.75, 3.05) is 7.11 Å². The van der Waals surface area contributed by atoms with Gasteiger partial charge in [0.15, 0.2) is 0 Å². The van der Waals surface area contributed by atoms with Gasteiger partial charge in [0.1, 0.15) is 5.76 Å². The first-order chi connectivity index (χ1) is 6.56. The maximum absolute atomic E-state index is 10.7. The molecular formula is C10H14O4. The molecule has 0 N–H and O–H groups in total. The predicted molar refractivity (Wildman–Crippen MR) is 51.3 cm³/mol. The molecule has 0 unspecified atom stereocenters. The number of esters is 2. The van der Waals surface area contributed by atoms with Crippen LogP contribution in [0.3, 0.4) is 0 Å². The largest absolute Gasteiger partial charge is 0.469 e. The smallest absolute Gasteiger partial charge is 0.309 e. The molecule has 0 rings (SSSR count). The molecule has 0 spiro atoms. The first kappa shape index (κ1) is 12.4. The van der Waals surface area contributed by atoms with E-state index in [1.165, 1.54) is 14.0 Å². The van der Waals surface area contributed by atoms with E-state index >= 15 is 0 Å². The summed E-state index contributed by atoms with van der Waals surface area (Å²) in [7, 11) is 1.33. The Morgan fingerprint density at radius 3 is 2.43 bits per heavy atom. The average molecular weight is 198 g/mol. The molecule has 4 heteroatoms. The van der Waals surface area contributed by atoms with Crippen LogP contribution in [0.4, 0.5) is 0 Å². The van der Waals surface area contributed by atoms with E-state index < -0.39 is 0 Å². The predicted octanol–water partition coefficient (Wildman–Crippen LogP) is 1.57. The molecule has 0 atom stereocenters. The molecule has 0 heterocycles. The Morgan fingerprint density at radius 1 is 1.29 bits per heavy atom. The Labute approximate surface area is 83.2 Å². The number of carbonyl (C=O) groups is 2. The van der Waals surface area contributed by atoms with E-state index in [9.17, 15) is 9.59 Å². The van der Waals surface area contributed by atoms with Crippen LogP contribution in [0.2, 0.25) is 0 Å². The van der Waals surface area contributed by atoms with Crippen LogP contribution in [0.5, 0.6) is 0 Å². The summed E-state index contributed by atoms with van der Waals surface area (Å²) in [6, 6.07) is 0. The molecule has 0 saturated carbocycles. The minimum atomic E-state index is -0.361. The van der Waals surface area contributed by atoms with Crippen molar-refractivity contribution < 1.29 is 19.1 Å². The van der Waals surface area contributed by atoms with Crippen LogP contribution in [0.25, 0.3) is 0 Å². The van der Waals surface area contributed by atoms with Crippen molar-refractivity contribution in [3.8, 4) is 0 Å². The molecule has 0 aliphatic carbocycles. The highest BCUT2D eigenvalue weighted by Crippen LogP contribution is 1.97. The average Bonchev–Trinajstić information content (AvgIpc) is 2.10. The molecule has 0 fully saturated rings. The second kappa shape index (κ2) is 6.88. The summed E-state index contributed by atoms with van der Waals surface area (Å²) < 4.78 is 9.16. The van der Waals surface area contributed by atoms with E-state index in [0.717, 1.165) is 0 Å². The summed E-state index contributed by atoms with van der Waals surface area (Å²) >= 11 is 0. The second-order valence-electron chi connectivity index (χ2n) is 2.58. The molecule has 0 aliphatic rings. The van der Waals surface area contributed by atoms with Crippen LogP contribution in [0.1, 0.15) is 20.3 Å². The molecular weight excluding hydrogens is 184 g/mol. The minimum Gasteiger partial charge on any atom is -0.469 e. The standard InChI is InChI=1S/C10H14O4/c1-8(14-9(2)11)6-4-5-7-10(12)13-3/h4-6H,7H2,1-3H3/b5-4-,8-6+. The first-order valence-electron chi connectivity index (χ1n) is 4.15. The van der Waals surface area contributed by atoms with Crippen LogP contribution in [-0.2, 0) is 19.1 Å². The summed E-state index contributed by atoms with van der Waals surface area (Å²) in [4.78, 5) is 21.1. The van der Waals surface area contributed by atoms with Gasteiger partial charge in [-0.3, -0.25) is 9.59 Å². The second-order valence-corrected chi connectivity index (χ2v) is 2.58. The number of hydrogen-bond acceptors (Lipinski definition) is 4. The third-order valence-corrected chi connectivity index (χ3v) is 1.28. The molecule has 4 nitrogen and oxygen atoms in total. The summed E-state index contributed by atoms with van der Waals surface area (Å²) in [6.07, 6.45) is 5.07. The normalized spacial score (nSPS) is 11.5. The molecule has 0 aromatic heterocycles. The Bertz CT molecular complexity index is 263. The minimum absolute atomic E-state index is 0.209. The molecule has 0 amide bonds. The van der Waals surface area contributed by atoms with Crippen LogP contribution in [-0.4, -0.2) is 19.0 Å². The Balaban J connectivity index is 3.89. The summed E-state index contributed by atoms with van der Waals surface area (Å²) in [5.74, 6) is -0.182. The van der Waals surface area contributed by atoms with Crippen LogP contribution in [0, 0.1) is 0 Å². The quantitative estimate of drug-likeness (QED) is 0.391. The van der Waals surface area contributed by atoms with Crippen molar-refractivity contribution in [3.63, 3.8) is 0 Å². The SMILES string of the molecule is COC(=O)C/C=C\C=C(/C)OC(C)=O. The number of carbonyl (C=O) groups excluding carboxylic acids is 2. The monoisotopic (exact) mass is 198 g/mol. The summed E-state index contributed by atoms with van der Waals surface area (Å²) in [5, 5.41) is 0. The van der Waals surface area contributed by atoms with Gasteiger partial charge in [-0.2, -0.15) is 0 Å². The lowest BCUT2D eigenvalue weighted by Crippen LogP contribution is -1.97. The van der Waals surface area contributed by atoms with Crippen molar-refractivity contribution in [1.29, 1.82) is 0 Å². The fourth-order valence-electron chi connectivity index (χ4n) is 0.712. The van der Waals surface area contributed by atoms with Gasteiger partial charge in [-0.1, -0.05) is 12.2 Å². The molecule has 0 aromatic carbocycles. The zero-order valence-corrected chi connectivity index (χ0v) is 8.57. The van der Waals surface area contributed by atoms with Gasteiger partial charge < -0.3 is 9.47 Å². The molecule has 14 heavy (non-hydrogen) atoms. The van der Waals surface area contributed by atoms with Gasteiger partial charge in [0.2, 0.25) is 0 Å². The van der Waals surface area contributed by atoms with Gasteiger partial charge in [0.25, 0.3) is 0 Å². The van der Waals surface area contributed by atoms with Crippen molar-refractivity contribution >= 4 is 11.9 Å². The molecule has 0 aromatic rings. The van der Waals surface area contributed by atoms with E-state index in [0.29, 0.717) is 5.76 Å². The maximum Gasteiger partial charge on any atom is 0.309 e. The maximum atomic E-state index is 10.7. The first-order valence-corrected chi connectivity index (χ1v) is 4.15. The highest BCUT2D eigenvalue weighted by molar-refractivity contribution is 5.71. The molecule has 0 radical (unpaired) electrons. The zero-order chi connectivity index (χ0) is 11.0. The van der Waals surface area contributed by atoms with Crippen molar-refractivity contribution in [3.05, 3.63) is 24.0 Å². The highest BCUT2D eigenvalue weighted by atomic mass is 16.5. The summed E-state index contributed by atoms with van der Waals surface area (Å²) in [6.45, 7) is 2.99. The van der Waals surface area contributed by atoms with Gasteiger partial charge in [-0.05, 0) is 13.0 Å². The topological polar surface area (TPSA) is 52.6 Å². The van der Waals surface area contributed by atoms with Gasteiger partial charge >= 0.3 is 11.9 Å². The van der Waals surface area contributed by atoms with Crippen molar-refractivity contribution in [2.24, 2.45) is 0 Å². The Morgan fingerprint density at radius 2 is 1.93 bits per heavy atom. The summed E-state index contributed by atoms with van der Waals surface area (Å²) in [5.41, 5.74) is 0. The van der Waals surface area contributed by atoms with Crippen molar-refractivity contribution in [2.45, 2.75) is 20.3 Å². The Kier molecular flexibility index (Phi) is 6.11. The van der Waals surface area contributed by atoms with E-state index in [-0.39, 0.29) is 18.4 Å². The van der Waals surface area contributed by atoms with Crippen molar-refractivity contribution in [1.82, 2.24) is 0 Å². The molecule has 0 saturated heterocycles.